The second-order valence-corrected chi connectivity index (χ2v) is 7.42. The van der Waals surface area contributed by atoms with Crippen LogP contribution in [0.5, 0.6) is 5.75 Å². The molecule has 0 radical (unpaired) electrons. The van der Waals surface area contributed by atoms with Crippen molar-refractivity contribution >= 4 is 23.2 Å². The number of nitrogens with two attached hydrogens (primary N) is 1. The largest absolute Gasteiger partial charge is 0.490 e. The van der Waals surface area contributed by atoms with Crippen LogP contribution in [0.1, 0.15) is 35.8 Å². The average Bonchev–Trinajstić information content (AvgIpc) is 2.99. The van der Waals surface area contributed by atoms with Gasteiger partial charge in [0.1, 0.15) is 23.4 Å². The number of aromatic nitrogens is 3. The molecular weight excluding hydrogens is 374 g/mol. The maximum Gasteiger partial charge on any atom is 0.276 e. The van der Waals surface area contributed by atoms with Crippen LogP contribution in [-0.4, -0.2) is 52.1 Å². The van der Waals surface area contributed by atoms with E-state index in [1.165, 1.54) is 13.4 Å². The molecule has 0 aromatic carbocycles. The number of ether oxygens (including phenoxy) is 1. The van der Waals surface area contributed by atoms with Crippen molar-refractivity contribution in [2.75, 3.05) is 37.8 Å². The molecule has 10 nitrogen and oxygen atoms in total. The highest BCUT2D eigenvalue weighted by Gasteiger charge is 2.46. The number of anilines is 3. The fourth-order valence-electron chi connectivity index (χ4n) is 4.24. The van der Waals surface area contributed by atoms with Gasteiger partial charge >= 0.3 is 0 Å². The summed E-state index contributed by atoms with van der Waals surface area (Å²) in [5.74, 6) is 0.516. The molecule has 0 saturated carbocycles. The van der Waals surface area contributed by atoms with Crippen LogP contribution in [0.3, 0.4) is 0 Å². The van der Waals surface area contributed by atoms with Gasteiger partial charge < -0.3 is 26.0 Å². The molecule has 4 rings (SSSR count). The Kier molecular flexibility index (Phi) is 4.65. The zero-order valence-corrected chi connectivity index (χ0v) is 16.8. The van der Waals surface area contributed by atoms with Gasteiger partial charge in [-0.3, -0.25) is 14.2 Å². The molecule has 29 heavy (non-hydrogen) atoms. The molecule has 1 spiro atoms. The van der Waals surface area contributed by atoms with Crippen LogP contribution in [0.2, 0.25) is 0 Å². The minimum Gasteiger partial charge on any atom is -0.490 e. The number of amides is 1. The second kappa shape index (κ2) is 7.03. The SMILES string of the molecule is CCN1CCC2(CC1)NC(=O)c1c(C)cc(Nc3ncnc(N)c3OC)c(=O)n12. The number of nitrogens with zero attached hydrogens (tertiary/aromatic N) is 4. The molecule has 2 aliphatic rings. The normalized spacial score (nSPS) is 17.8. The summed E-state index contributed by atoms with van der Waals surface area (Å²) < 4.78 is 6.89. The molecule has 154 valence electrons. The van der Waals surface area contributed by atoms with Crippen LogP contribution in [0, 0.1) is 6.92 Å². The molecule has 1 fully saturated rings. The zero-order chi connectivity index (χ0) is 20.8. The number of carbonyl (C=O) groups excluding carboxylic acids is 1. The van der Waals surface area contributed by atoms with Crippen LogP contribution < -0.4 is 26.7 Å². The highest BCUT2D eigenvalue weighted by molar-refractivity contribution is 5.97. The van der Waals surface area contributed by atoms with Gasteiger partial charge in [0.2, 0.25) is 5.75 Å². The number of piperidine rings is 1. The Morgan fingerprint density at radius 2 is 2.03 bits per heavy atom. The van der Waals surface area contributed by atoms with Crippen molar-refractivity contribution in [2.45, 2.75) is 32.4 Å². The molecule has 4 heterocycles. The van der Waals surface area contributed by atoms with Gasteiger partial charge in [0.25, 0.3) is 11.5 Å². The lowest BCUT2D eigenvalue weighted by atomic mass is 9.97. The summed E-state index contributed by atoms with van der Waals surface area (Å²) in [7, 11) is 1.46. The molecule has 10 heteroatoms. The first-order valence-electron chi connectivity index (χ1n) is 9.63. The van der Waals surface area contributed by atoms with E-state index in [1.807, 2.05) is 6.92 Å². The van der Waals surface area contributed by atoms with E-state index in [1.54, 1.807) is 10.6 Å². The van der Waals surface area contributed by atoms with Crippen molar-refractivity contribution < 1.29 is 9.53 Å². The van der Waals surface area contributed by atoms with Gasteiger partial charge in [0.15, 0.2) is 11.6 Å². The van der Waals surface area contributed by atoms with E-state index < -0.39 is 5.66 Å². The van der Waals surface area contributed by atoms with Crippen molar-refractivity contribution in [1.82, 2.24) is 24.8 Å². The standard InChI is InChI=1S/C19H25N7O3/c1-4-25-7-5-19(6-8-25)24-17(27)13-11(2)9-12(18(28)26(13)19)23-16-14(29-3)15(20)21-10-22-16/h9-10H,4-8H2,1-3H3,(H,24,27)(H3,20,21,22,23). The van der Waals surface area contributed by atoms with E-state index in [4.69, 9.17) is 10.5 Å². The van der Waals surface area contributed by atoms with Crippen LogP contribution in [0.4, 0.5) is 17.3 Å². The van der Waals surface area contributed by atoms with Crippen LogP contribution >= 0.6 is 0 Å². The van der Waals surface area contributed by atoms with E-state index in [0.29, 0.717) is 35.6 Å². The number of methoxy groups -OCH3 is 1. The molecule has 2 aliphatic heterocycles. The van der Waals surface area contributed by atoms with Gasteiger partial charge in [0.05, 0.1) is 7.11 Å². The maximum absolute atomic E-state index is 13.5. The molecule has 4 N–H and O–H groups in total. The first kappa shape index (κ1) is 19.2. The second-order valence-electron chi connectivity index (χ2n) is 7.42. The van der Waals surface area contributed by atoms with Crippen molar-refractivity contribution in [2.24, 2.45) is 0 Å². The summed E-state index contributed by atoms with van der Waals surface area (Å²) in [6, 6.07) is 1.66. The lowest BCUT2D eigenvalue weighted by Gasteiger charge is -2.40. The van der Waals surface area contributed by atoms with E-state index in [0.717, 1.165) is 19.6 Å². The predicted octanol–water partition coefficient (Wildman–Crippen LogP) is 0.793. The number of rotatable bonds is 4. The smallest absolute Gasteiger partial charge is 0.276 e. The van der Waals surface area contributed by atoms with Gasteiger partial charge in [0, 0.05) is 25.9 Å². The van der Waals surface area contributed by atoms with Crippen molar-refractivity contribution in [3.8, 4) is 5.75 Å². The van der Waals surface area contributed by atoms with Gasteiger partial charge in [-0.2, -0.15) is 0 Å². The number of hydrogen-bond acceptors (Lipinski definition) is 8. The van der Waals surface area contributed by atoms with Crippen LogP contribution in [-0.2, 0) is 5.66 Å². The number of aryl methyl sites for hydroxylation is 1. The van der Waals surface area contributed by atoms with Gasteiger partial charge in [-0.1, -0.05) is 6.92 Å². The first-order chi connectivity index (χ1) is 13.9. The number of carbonyl (C=O) groups is 1. The summed E-state index contributed by atoms with van der Waals surface area (Å²) in [6.07, 6.45) is 2.64. The van der Waals surface area contributed by atoms with Crippen LogP contribution in [0.15, 0.2) is 17.2 Å². The third-order valence-electron chi connectivity index (χ3n) is 5.80. The summed E-state index contributed by atoms with van der Waals surface area (Å²) in [5.41, 5.74) is 6.28. The number of likely N-dealkylation sites (tertiary alicyclic amines) is 1. The van der Waals surface area contributed by atoms with E-state index in [-0.39, 0.29) is 23.0 Å². The molecular formula is C19H25N7O3. The Bertz CT molecular complexity index is 1030. The number of nitrogen functional groups attached to an aromatic ring is 1. The molecule has 2 aromatic heterocycles. The highest BCUT2D eigenvalue weighted by Crippen LogP contribution is 2.35. The lowest BCUT2D eigenvalue weighted by Crippen LogP contribution is -2.54. The van der Waals surface area contributed by atoms with Gasteiger partial charge in [-0.15, -0.1) is 0 Å². The number of fused-ring (bicyclic) bond motifs is 2. The fraction of sp³-hybridized carbons (Fsp3) is 0.474. The molecule has 0 atom stereocenters. The number of hydrogen-bond donors (Lipinski definition) is 3. The molecule has 1 saturated heterocycles. The number of pyridine rings is 1. The van der Waals surface area contributed by atoms with Gasteiger partial charge in [-0.05, 0) is 25.1 Å². The third kappa shape index (κ3) is 3.00. The Hall–Kier alpha value is -3.14. The van der Waals surface area contributed by atoms with Crippen molar-refractivity contribution in [3.05, 3.63) is 34.0 Å². The van der Waals surface area contributed by atoms with Crippen LogP contribution in [0.25, 0.3) is 0 Å². The minimum absolute atomic E-state index is 0.170. The lowest BCUT2D eigenvalue weighted by molar-refractivity contribution is 0.0761. The van der Waals surface area contributed by atoms with Gasteiger partial charge in [-0.25, -0.2) is 9.97 Å². The van der Waals surface area contributed by atoms with E-state index in [2.05, 4.69) is 32.4 Å². The summed E-state index contributed by atoms with van der Waals surface area (Å²) in [5, 5.41) is 6.10. The molecule has 0 unspecified atom stereocenters. The fourth-order valence-corrected chi connectivity index (χ4v) is 4.24. The topological polar surface area (TPSA) is 127 Å². The van der Waals surface area contributed by atoms with E-state index >= 15 is 0 Å². The highest BCUT2D eigenvalue weighted by atomic mass is 16.5. The first-order valence-corrected chi connectivity index (χ1v) is 9.63. The predicted molar refractivity (Wildman–Crippen MR) is 109 cm³/mol. The monoisotopic (exact) mass is 399 g/mol. The summed E-state index contributed by atoms with van der Waals surface area (Å²) in [4.78, 5) is 36.5. The molecule has 1 amide bonds. The minimum atomic E-state index is -0.702. The van der Waals surface area contributed by atoms with Crippen molar-refractivity contribution in [1.29, 1.82) is 0 Å². The Morgan fingerprint density at radius 1 is 1.31 bits per heavy atom. The number of nitrogens with one attached hydrogen (secondary N) is 2. The van der Waals surface area contributed by atoms with Crippen molar-refractivity contribution in [3.63, 3.8) is 0 Å². The zero-order valence-electron chi connectivity index (χ0n) is 16.8. The molecule has 0 bridgehead atoms. The Morgan fingerprint density at radius 3 is 2.69 bits per heavy atom. The molecule has 0 aliphatic carbocycles. The molecule has 2 aromatic rings. The Labute approximate surface area is 168 Å². The quantitative estimate of drug-likeness (QED) is 0.689. The van der Waals surface area contributed by atoms with E-state index in [9.17, 15) is 9.59 Å². The summed E-state index contributed by atoms with van der Waals surface area (Å²) in [6.45, 7) is 6.51. The average molecular weight is 399 g/mol. The maximum atomic E-state index is 13.5. The Balaban J connectivity index is 1.80. The summed E-state index contributed by atoms with van der Waals surface area (Å²) >= 11 is 0. The third-order valence-corrected chi connectivity index (χ3v) is 5.80.